The predicted octanol–water partition coefficient (Wildman–Crippen LogP) is 0.615. The van der Waals surface area contributed by atoms with Crippen LogP contribution in [0.3, 0.4) is 0 Å². The molecule has 0 aliphatic carbocycles. The Bertz CT molecular complexity index is 189. The first-order valence-corrected chi connectivity index (χ1v) is 3.35. The fourth-order valence-electron chi connectivity index (χ4n) is 0.980. The number of ether oxygens (including phenoxy) is 1. The summed E-state index contributed by atoms with van der Waals surface area (Å²) in [7, 11) is 0. The Morgan fingerprint density at radius 3 is 2.50 bits per heavy atom. The summed E-state index contributed by atoms with van der Waals surface area (Å²) >= 11 is 0. The number of hydrogen-bond acceptors (Lipinski definition) is 3. The molecule has 1 aliphatic rings. The molecule has 1 saturated heterocycles. The van der Waals surface area contributed by atoms with E-state index in [2.05, 4.69) is 4.74 Å². The van der Waals surface area contributed by atoms with Gasteiger partial charge >= 0.3 is 12.1 Å². The molecule has 0 bridgehead atoms. The first-order chi connectivity index (χ1) is 5.41. The van der Waals surface area contributed by atoms with Crippen molar-refractivity contribution in [1.82, 2.24) is 0 Å². The van der Waals surface area contributed by atoms with Gasteiger partial charge in [-0.05, 0) is 6.42 Å². The molecule has 2 atom stereocenters. The molecule has 0 unspecified atom stereocenters. The van der Waals surface area contributed by atoms with Gasteiger partial charge in [0.05, 0.1) is 0 Å². The Morgan fingerprint density at radius 2 is 2.17 bits per heavy atom. The van der Waals surface area contributed by atoms with Crippen LogP contribution in [0.1, 0.15) is 12.8 Å². The molecular weight excluding hydrogens is 177 g/mol. The maximum absolute atomic E-state index is 11.8. The highest BCUT2D eigenvalue weighted by Crippen LogP contribution is 2.28. The van der Waals surface area contributed by atoms with Crippen molar-refractivity contribution in [3.8, 4) is 0 Å². The third kappa shape index (κ3) is 1.88. The minimum atomic E-state index is -4.71. The number of carbonyl (C=O) groups is 1. The number of rotatable bonds is 1. The molecule has 0 saturated carbocycles. The van der Waals surface area contributed by atoms with E-state index in [0.717, 1.165) is 0 Å². The van der Waals surface area contributed by atoms with Gasteiger partial charge in [-0.15, -0.1) is 0 Å². The van der Waals surface area contributed by atoms with Crippen LogP contribution in [-0.2, 0) is 9.53 Å². The fraction of sp³-hybridized carbons (Fsp3) is 0.833. The van der Waals surface area contributed by atoms with Crippen LogP contribution in [0.25, 0.3) is 0 Å². The van der Waals surface area contributed by atoms with E-state index in [-0.39, 0.29) is 12.8 Å². The van der Waals surface area contributed by atoms with E-state index in [4.69, 9.17) is 5.11 Å². The summed E-state index contributed by atoms with van der Waals surface area (Å²) in [6.07, 6.45) is -8.81. The molecule has 1 fully saturated rings. The molecule has 0 spiro atoms. The minimum absolute atomic E-state index is 0.0577. The smallest absolute Gasteiger partial charge is 0.418 e. The fourth-order valence-corrected chi connectivity index (χ4v) is 0.980. The van der Waals surface area contributed by atoms with Crippen molar-refractivity contribution in [1.29, 1.82) is 0 Å². The number of cyclic esters (lactones) is 1. The van der Waals surface area contributed by atoms with E-state index in [1.54, 1.807) is 0 Å². The van der Waals surface area contributed by atoms with Gasteiger partial charge in [0.2, 0.25) is 0 Å². The van der Waals surface area contributed by atoms with Crippen LogP contribution in [0.15, 0.2) is 0 Å². The molecule has 1 rings (SSSR count). The molecule has 0 radical (unpaired) electrons. The van der Waals surface area contributed by atoms with E-state index in [9.17, 15) is 18.0 Å². The van der Waals surface area contributed by atoms with Gasteiger partial charge in [0.25, 0.3) is 0 Å². The summed E-state index contributed by atoms with van der Waals surface area (Å²) in [5.74, 6) is -0.691. The number of alkyl halides is 3. The molecule has 1 N–H and O–H groups in total. The lowest BCUT2D eigenvalue weighted by atomic mass is 10.1. The van der Waals surface area contributed by atoms with Gasteiger partial charge in [0.15, 0.2) is 6.10 Å². The Balaban J connectivity index is 2.54. The second-order valence-electron chi connectivity index (χ2n) is 2.55. The van der Waals surface area contributed by atoms with E-state index in [1.807, 2.05) is 0 Å². The highest BCUT2D eigenvalue weighted by atomic mass is 19.4. The van der Waals surface area contributed by atoms with Gasteiger partial charge in [-0.2, -0.15) is 13.2 Å². The van der Waals surface area contributed by atoms with Crippen LogP contribution in [-0.4, -0.2) is 29.5 Å². The Labute approximate surface area is 66.1 Å². The summed E-state index contributed by atoms with van der Waals surface area (Å²) in [6.45, 7) is 0. The Kier molecular flexibility index (Phi) is 2.27. The monoisotopic (exact) mass is 184 g/mol. The Morgan fingerprint density at radius 1 is 1.58 bits per heavy atom. The summed E-state index contributed by atoms with van der Waals surface area (Å²) in [6, 6.07) is 0. The second kappa shape index (κ2) is 2.93. The average molecular weight is 184 g/mol. The summed E-state index contributed by atoms with van der Waals surface area (Å²) in [5.41, 5.74) is 0. The zero-order valence-electron chi connectivity index (χ0n) is 5.97. The van der Waals surface area contributed by atoms with Crippen molar-refractivity contribution in [2.45, 2.75) is 31.2 Å². The highest BCUT2D eigenvalue weighted by molar-refractivity contribution is 5.71. The molecule has 0 amide bonds. The number of aliphatic hydroxyl groups excluding tert-OH is 1. The van der Waals surface area contributed by atoms with Gasteiger partial charge in [0, 0.05) is 6.42 Å². The molecule has 0 aromatic rings. The molecule has 1 aliphatic heterocycles. The maximum atomic E-state index is 11.8. The zero-order valence-corrected chi connectivity index (χ0v) is 5.97. The van der Waals surface area contributed by atoms with Crippen molar-refractivity contribution in [3.63, 3.8) is 0 Å². The van der Waals surface area contributed by atoms with Crippen molar-refractivity contribution < 1.29 is 27.8 Å². The molecule has 70 valence electrons. The molecule has 1 heterocycles. The first kappa shape index (κ1) is 9.31. The van der Waals surface area contributed by atoms with Gasteiger partial charge in [-0.1, -0.05) is 0 Å². The summed E-state index contributed by atoms with van der Waals surface area (Å²) < 4.78 is 39.6. The van der Waals surface area contributed by atoms with Crippen molar-refractivity contribution >= 4 is 5.97 Å². The Hall–Kier alpha value is -0.780. The van der Waals surface area contributed by atoms with Crippen LogP contribution < -0.4 is 0 Å². The lowest BCUT2D eigenvalue weighted by Crippen LogP contribution is -2.39. The molecule has 6 heteroatoms. The van der Waals surface area contributed by atoms with Crippen LogP contribution in [0.2, 0.25) is 0 Å². The third-order valence-corrected chi connectivity index (χ3v) is 1.60. The molecular formula is C6H7F3O3. The van der Waals surface area contributed by atoms with Crippen molar-refractivity contribution in [2.24, 2.45) is 0 Å². The van der Waals surface area contributed by atoms with Crippen LogP contribution in [0, 0.1) is 0 Å². The number of hydrogen-bond donors (Lipinski definition) is 1. The lowest BCUT2D eigenvalue weighted by Gasteiger charge is -2.19. The van der Waals surface area contributed by atoms with Gasteiger partial charge in [-0.3, -0.25) is 4.79 Å². The molecule has 12 heavy (non-hydrogen) atoms. The molecule has 3 nitrogen and oxygen atoms in total. The van der Waals surface area contributed by atoms with E-state index in [1.165, 1.54) is 0 Å². The number of esters is 1. The summed E-state index contributed by atoms with van der Waals surface area (Å²) in [4.78, 5) is 10.4. The normalized spacial score (nSPS) is 27.0. The predicted molar refractivity (Wildman–Crippen MR) is 31.2 cm³/mol. The maximum Gasteiger partial charge on any atom is 0.418 e. The lowest BCUT2D eigenvalue weighted by molar-refractivity contribution is -0.230. The minimum Gasteiger partial charge on any atom is -0.459 e. The number of halogens is 3. The summed E-state index contributed by atoms with van der Waals surface area (Å²) in [5, 5.41) is 8.60. The van der Waals surface area contributed by atoms with Crippen LogP contribution in [0.4, 0.5) is 13.2 Å². The van der Waals surface area contributed by atoms with Gasteiger partial charge in [-0.25, -0.2) is 0 Å². The SMILES string of the molecule is O=C1CC[C@H]([C@@H](O)C(F)(F)F)O1. The zero-order chi connectivity index (χ0) is 9.35. The van der Waals surface area contributed by atoms with Crippen LogP contribution in [0.5, 0.6) is 0 Å². The number of carbonyl (C=O) groups excluding carboxylic acids is 1. The third-order valence-electron chi connectivity index (χ3n) is 1.60. The van der Waals surface area contributed by atoms with Gasteiger partial charge in [0.1, 0.15) is 6.10 Å². The standard InChI is InChI=1S/C6H7F3O3/c7-6(8,9)5(11)3-1-2-4(10)12-3/h3,5,11H,1-2H2/t3-,5-/m1/s1. The van der Waals surface area contributed by atoms with Crippen LogP contribution >= 0.6 is 0 Å². The van der Waals surface area contributed by atoms with Crippen molar-refractivity contribution in [2.75, 3.05) is 0 Å². The first-order valence-electron chi connectivity index (χ1n) is 3.35. The molecule has 0 aromatic carbocycles. The average Bonchev–Trinajstić information content (AvgIpc) is 2.32. The largest absolute Gasteiger partial charge is 0.459 e. The van der Waals surface area contributed by atoms with E-state index >= 15 is 0 Å². The quantitative estimate of drug-likeness (QED) is 0.607. The molecule has 0 aromatic heterocycles. The topological polar surface area (TPSA) is 46.5 Å². The van der Waals surface area contributed by atoms with Gasteiger partial charge < -0.3 is 9.84 Å². The highest BCUT2D eigenvalue weighted by Gasteiger charge is 2.47. The van der Waals surface area contributed by atoms with E-state index in [0.29, 0.717) is 0 Å². The van der Waals surface area contributed by atoms with E-state index < -0.39 is 24.4 Å². The van der Waals surface area contributed by atoms with Crippen molar-refractivity contribution in [3.05, 3.63) is 0 Å². The number of aliphatic hydroxyl groups is 1. The second-order valence-corrected chi connectivity index (χ2v) is 2.55.